The summed E-state index contributed by atoms with van der Waals surface area (Å²) in [5.74, 6) is -1.12. The number of carbonyl (C=O) groups excluding carboxylic acids is 1. The Morgan fingerprint density at radius 1 is 0.900 bits per heavy atom. The van der Waals surface area contributed by atoms with Gasteiger partial charge in [0.1, 0.15) is 12.4 Å². The molecule has 0 spiro atoms. The molecular weight excluding hydrogens is 403 g/mol. The molecule has 3 aromatic carbocycles. The van der Waals surface area contributed by atoms with Gasteiger partial charge in [0.2, 0.25) is 5.91 Å². The minimum atomic E-state index is -3.63. The average molecular weight is 422 g/mol. The number of aromatic nitrogens is 1. The third kappa shape index (κ3) is 4.11. The van der Waals surface area contributed by atoms with Crippen molar-refractivity contribution in [3.63, 3.8) is 0 Å². The third-order valence-electron chi connectivity index (χ3n) is 4.75. The number of nitrogens with zero attached hydrogens (tertiary/aromatic N) is 1. The number of para-hydroxylation sites is 2. The number of sulfone groups is 1. The molecule has 0 bridgehead atoms. The molecule has 1 heterocycles. The van der Waals surface area contributed by atoms with Gasteiger partial charge in [-0.05, 0) is 23.8 Å². The number of nitrogens with one attached hydrogen (secondary N) is 1. The molecule has 0 saturated carbocycles. The van der Waals surface area contributed by atoms with Gasteiger partial charge in [0.15, 0.2) is 9.84 Å². The Kier molecular flexibility index (Phi) is 5.37. The van der Waals surface area contributed by atoms with Crippen LogP contribution in [0.25, 0.3) is 10.9 Å². The highest BCUT2D eigenvalue weighted by molar-refractivity contribution is 7.90. The van der Waals surface area contributed by atoms with Crippen LogP contribution >= 0.6 is 0 Å². The molecule has 0 aliphatic rings. The molecule has 0 atom stereocenters. The van der Waals surface area contributed by atoms with Gasteiger partial charge in [-0.3, -0.25) is 4.79 Å². The standard InChI is InChI=1S/C23H19FN2O3S/c24-19-11-5-6-12-20(19)25-23(27)15-26-14-22(18-10-4-7-13-21(18)26)30(28,29)16-17-8-2-1-3-9-17/h1-14H,15-16H2,(H,25,27). The third-order valence-corrected chi connectivity index (χ3v) is 6.46. The highest BCUT2D eigenvalue weighted by Crippen LogP contribution is 2.28. The van der Waals surface area contributed by atoms with E-state index >= 15 is 0 Å². The van der Waals surface area contributed by atoms with Crippen molar-refractivity contribution < 1.29 is 17.6 Å². The first kappa shape index (κ1) is 19.8. The molecular formula is C23H19FN2O3S. The topological polar surface area (TPSA) is 68.2 Å². The van der Waals surface area contributed by atoms with Crippen LogP contribution in [0.5, 0.6) is 0 Å². The molecule has 30 heavy (non-hydrogen) atoms. The van der Waals surface area contributed by atoms with E-state index in [4.69, 9.17) is 0 Å². The highest BCUT2D eigenvalue weighted by atomic mass is 32.2. The summed E-state index contributed by atoms with van der Waals surface area (Å²) in [6.45, 7) is -0.143. The number of halogens is 1. The largest absolute Gasteiger partial charge is 0.337 e. The van der Waals surface area contributed by atoms with Crippen molar-refractivity contribution in [1.29, 1.82) is 0 Å². The summed E-state index contributed by atoms with van der Waals surface area (Å²) in [6.07, 6.45) is 1.48. The van der Waals surface area contributed by atoms with Gasteiger partial charge < -0.3 is 9.88 Å². The Hall–Kier alpha value is -3.45. The highest BCUT2D eigenvalue weighted by Gasteiger charge is 2.22. The molecule has 0 saturated heterocycles. The molecule has 0 aliphatic heterocycles. The van der Waals surface area contributed by atoms with E-state index in [0.717, 1.165) is 0 Å². The van der Waals surface area contributed by atoms with Crippen molar-refractivity contribution in [3.05, 3.63) is 96.4 Å². The summed E-state index contributed by atoms with van der Waals surface area (Å²) in [5.41, 5.74) is 1.38. The molecule has 0 aliphatic carbocycles. The summed E-state index contributed by atoms with van der Waals surface area (Å²) in [6, 6.07) is 21.8. The summed E-state index contributed by atoms with van der Waals surface area (Å²) in [7, 11) is -3.63. The Morgan fingerprint density at radius 2 is 1.57 bits per heavy atom. The number of amides is 1. The fourth-order valence-corrected chi connectivity index (χ4v) is 4.95. The van der Waals surface area contributed by atoms with Gasteiger partial charge in [0.25, 0.3) is 0 Å². The Labute approximate surface area is 173 Å². The van der Waals surface area contributed by atoms with Gasteiger partial charge in [0.05, 0.1) is 16.3 Å². The first-order valence-electron chi connectivity index (χ1n) is 9.33. The molecule has 5 nitrogen and oxygen atoms in total. The molecule has 7 heteroatoms. The number of anilines is 1. The molecule has 0 radical (unpaired) electrons. The maximum Gasteiger partial charge on any atom is 0.244 e. The molecule has 1 aromatic heterocycles. The van der Waals surface area contributed by atoms with E-state index in [0.29, 0.717) is 16.5 Å². The lowest BCUT2D eigenvalue weighted by Crippen LogP contribution is -2.19. The second kappa shape index (κ2) is 8.12. The van der Waals surface area contributed by atoms with Crippen LogP contribution in [0.3, 0.4) is 0 Å². The fraction of sp³-hybridized carbons (Fsp3) is 0.0870. The van der Waals surface area contributed by atoms with Crippen molar-refractivity contribution in [3.8, 4) is 0 Å². The number of hydrogen-bond donors (Lipinski definition) is 1. The van der Waals surface area contributed by atoms with Crippen molar-refractivity contribution in [2.75, 3.05) is 5.32 Å². The first-order valence-corrected chi connectivity index (χ1v) is 11.0. The van der Waals surface area contributed by atoms with Crippen LogP contribution in [0.15, 0.2) is 90.0 Å². The van der Waals surface area contributed by atoms with E-state index in [2.05, 4.69) is 5.32 Å². The van der Waals surface area contributed by atoms with E-state index in [1.165, 1.54) is 24.4 Å². The molecule has 4 rings (SSSR count). The summed E-state index contributed by atoms with van der Waals surface area (Å²) < 4.78 is 41.6. The molecule has 0 unspecified atom stereocenters. The molecule has 4 aromatic rings. The van der Waals surface area contributed by atoms with Crippen molar-refractivity contribution in [1.82, 2.24) is 4.57 Å². The van der Waals surface area contributed by atoms with Crippen molar-refractivity contribution >= 4 is 32.3 Å². The second-order valence-electron chi connectivity index (χ2n) is 6.91. The zero-order valence-corrected chi connectivity index (χ0v) is 16.8. The quantitative estimate of drug-likeness (QED) is 0.501. The smallest absolute Gasteiger partial charge is 0.244 e. The summed E-state index contributed by atoms with van der Waals surface area (Å²) in [5, 5.41) is 3.08. The lowest BCUT2D eigenvalue weighted by Gasteiger charge is -2.08. The lowest BCUT2D eigenvalue weighted by molar-refractivity contribution is -0.116. The fourth-order valence-electron chi connectivity index (χ4n) is 3.37. The average Bonchev–Trinajstić information content (AvgIpc) is 3.10. The van der Waals surface area contributed by atoms with Crippen LogP contribution in [0.2, 0.25) is 0 Å². The Bertz CT molecular complexity index is 1310. The van der Waals surface area contributed by atoms with Gasteiger partial charge in [-0.25, -0.2) is 12.8 Å². The van der Waals surface area contributed by atoms with Gasteiger partial charge in [-0.2, -0.15) is 0 Å². The molecule has 1 amide bonds. The second-order valence-corrected chi connectivity index (χ2v) is 8.87. The van der Waals surface area contributed by atoms with Crippen LogP contribution in [-0.4, -0.2) is 18.9 Å². The molecule has 0 fully saturated rings. The van der Waals surface area contributed by atoms with E-state index in [9.17, 15) is 17.6 Å². The monoisotopic (exact) mass is 422 g/mol. The van der Waals surface area contributed by atoms with E-state index in [1.54, 1.807) is 59.2 Å². The van der Waals surface area contributed by atoms with Gasteiger partial charge in [-0.15, -0.1) is 0 Å². The van der Waals surface area contributed by atoms with Crippen LogP contribution in [0, 0.1) is 5.82 Å². The normalized spacial score (nSPS) is 11.5. The van der Waals surface area contributed by atoms with Gasteiger partial charge >= 0.3 is 0 Å². The Morgan fingerprint density at radius 3 is 2.33 bits per heavy atom. The molecule has 1 N–H and O–H groups in total. The number of rotatable bonds is 6. The number of carbonyl (C=O) groups is 1. The predicted octanol–water partition coefficient (Wildman–Crippen LogP) is 4.39. The Balaban J connectivity index is 1.65. The minimum Gasteiger partial charge on any atom is -0.337 e. The first-order chi connectivity index (χ1) is 14.4. The van der Waals surface area contributed by atoms with E-state index < -0.39 is 21.6 Å². The van der Waals surface area contributed by atoms with Crippen LogP contribution < -0.4 is 5.32 Å². The number of hydrogen-bond acceptors (Lipinski definition) is 3. The van der Waals surface area contributed by atoms with E-state index in [1.807, 2.05) is 6.07 Å². The minimum absolute atomic E-state index is 0.0795. The summed E-state index contributed by atoms with van der Waals surface area (Å²) in [4.78, 5) is 12.6. The van der Waals surface area contributed by atoms with Gasteiger partial charge in [-0.1, -0.05) is 60.7 Å². The molecule has 152 valence electrons. The zero-order chi connectivity index (χ0) is 21.1. The summed E-state index contributed by atoms with van der Waals surface area (Å²) >= 11 is 0. The lowest BCUT2D eigenvalue weighted by atomic mass is 10.2. The van der Waals surface area contributed by atoms with Crippen LogP contribution in [0.1, 0.15) is 5.56 Å². The van der Waals surface area contributed by atoms with Gasteiger partial charge in [0, 0.05) is 17.1 Å². The van der Waals surface area contributed by atoms with Crippen LogP contribution in [-0.2, 0) is 26.9 Å². The van der Waals surface area contributed by atoms with Crippen molar-refractivity contribution in [2.45, 2.75) is 17.2 Å². The zero-order valence-electron chi connectivity index (χ0n) is 16.0. The predicted molar refractivity (Wildman–Crippen MR) is 114 cm³/mol. The number of fused-ring (bicyclic) bond motifs is 1. The van der Waals surface area contributed by atoms with Crippen molar-refractivity contribution in [2.24, 2.45) is 0 Å². The van der Waals surface area contributed by atoms with E-state index in [-0.39, 0.29) is 22.9 Å². The maximum absolute atomic E-state index is 13.8. The SMILES string of the molecule is O=C(Cn1cc(S(=O)(=O)Cc2ccccc2)c2ccccc21)Nc1ccccc1F. The maximum atomic E-state index is 13.8. The van der Waals surface area contributed by atoms with Crippen LogP contribution in [0.4, 0.5) is 10.1 Å². The number of benzene rings is 3.